The van der Waals surface area contributed by atoms with Crippen LogP contribution in [0.15, 0.2) is 29.2 Å². The minimum atomic E-state index is 0.343. The first-order valence-corrected chi connectivity index (χ1v) is 7.43. The lowest BCUT2D eigenvalue weighted by molar-refractivity contribution is -0.00139. The summed E-state index contributed by atoms with van der Waals surface area (Å²) < 4.78 is 0.343. The van der Waals surface area contributed by atoms with Crippen molar-refractivity contribution in [1.29, 1.82) is 0 Å². The highest BCUT2D eigenvalue weighted by Crippen LogP contribution is 2.65. The predicted octanol–water partition coefficient (Wildman–Crippen LogP) is 3.75. The normalized spacial score (nSPS) is 24.1. The Kier molecular flexibility index (Phi) is 2.75. The van der Waals surface area contributed by atoms with Crippen LogP contribution in [0.5, 0.6) is 0 Å². The van der Waals surface area contributed by atoms with E-state index in [-0.39, 0.29) is 0 Å². The standard InChI is InChI=1S/C15H21NS/c1-12-3-5-13(6-4-12)17-15(11-16)9-14(10-15)7-2-8-14/h3-6H,2,7-11,16H2,1H3. The van der Waals surface area contributed by atoms with E-state index >= 15 is 0 Å². The van der Waals surface area contributed by atoms with Crippen molar-refractivity contribution in [3.8, 4) is 0 Å². The van der Waals surface area contributed by atoms with E-state index in [4.69, 9.17) is 5.73 Å². The van der Waals surface area contributed by atoms with Gasteiger partial charge in [-0.15, -0.1) is 11.8 Å². The zero-order valence-electron chi connectivity index (χ0n) is 10.5. The summed E-state index contributed by atoms with van der Waals surface area (Å²) in [5.41, 5.74) is 8.06. The van der Waals surface area contributed by atoms with Gasteiger partial charge in [0.25, 0.3) is 0 Å². The average molecular weight is 247 g/mol. The summed E-state index contributed by atoms with van der Waals surface area (Å²) in [4.78, 5) is 1.38. The van der Waals surface area contributed by atoms with Crippen molar-refractivity contribution >= 4 is 11.8 Å². The zero-order valence-corrected chi connectivity index (χ0v) is 11.4. The fourth-order valence-electron chi connectivity index (χ4n) is 3.46. The molecule has 17 heavy (non-hydrogen) atoms. The van der Waals surface area contributed by atoms with Crippen LogP contribution in [-0.2, 0) is 0 Å². The molecule has 0 saturated heterocycles. The Morgan fingerprint density at radius 3 is 2.29 bits per heavy atom. The molecule has 0 bridgehead atoms. The molecular weight excluding hydrogens is 226 g/mol. The summed E-state index contributed by atoms with van der Waals surface area (Å²) in [6.45, 7) is 2.97. The van der Waals surface area contributed by atoms with Gasteiger partial charge in [0.1, 0.15) is 0 Å². The van der Waals surface area contributed by atoms with Crippen LogP contribution >= 0.6 is 11.8 Å². The monoisotopic (exact) mass is 247 g/mol. The molecule has 1 spiro atoms. The first kappa shape index (κ1) is 11.6. The summed E-state index contributed by atoms with van der Waals surface area (Å²) >= 11 is 2.01. The van der Waals surface area contributed by atoms with Crippen LogP contribution in [0.2, 0.25) is 0 Å². The van der Waals surface area contributed by atoms with Gasteiger partial charge >= 0.3 is 0 Å². The molecule has 0 amide bonds. The third-order valence-electron chi connectivity index (χ3n) is 4.54. The van der Waals surface area contributed by atoms with Gasteiger partial charge in [0.2, 0.25) is 0 Å². The molecule has 0 aliphatic heterocycles. The Morgan fingerprint density at radius 1 is 1.18 bits per heavy atom. The number of aryl methyl sites for hydroxylation is 1. The molecule has 0 radical (unpaired) electrons. The number of hydrogen-bond acceptors (Lipinski definition) is 2. The molecule has 2 saturated carbocycles. The van der Waals surface area contributed by atoms with Crippen LogP contribution in [0.1, 0.15) is 37.7 Å². The molecule has 0 heterocycles. The first-order valence-electron chi connectivity index (χ1n) is 6.61. The molecule has 2 aliphatic carbocycles. The number of hydrogen-bond donors (Lipinski definition) is 1. The summed E-state index contributed by atoms with van der Waals surface area (Å²) in [6, 6.07) is 8.88. The van der Waals surface area contributed by atoms with Crippen LogP contribution in [0, 0.1) is 12.3 Å². The Bertz CT molecular complexity index is 397. The van der Waals surface area contributed by atoms with E-state index in [1.807, 2.05) is 11.8 Å². The molecule has 0 unspecified atom stereocenters. The van der Waals surface area contributed by atoms with Gasteiger partial charge in [-0.05, 0) is 50.2 Å². The number of rotatable bonds is 3. The number of benzene rings is 1. The maximum absolute atomic E-state index is 6.03. The van der Waals surface area contributed by atoms with Crippen molar-refractivity contribution in [3.05, 3.63) is 29.8 Å². The lowest BCUT2D eigenvalue weighted by Crippen LogP contribution is -2.56. The molecule has 1 aromatic rings. The van der Waals surface area contributed by atoms with Gasteiger partial charge in [0, 0.05) is 16.2 Å². The third kappa shape index (κ3) is 2.02. The van der Waals surface area contributed by atoms with E-state index in [2.05, 4.69) is 31.2 Å². The molecule has 92 valence electrons. The largest absolute Gasteiger partial charge is 0.329 e. The zero-order chi connectivity index (χ0) is 11.9. The van der Waals surface area contributed by atoms with Gasteiger partial charge in [0.15, 0.2) is 0 Å². The van der Waals surface area contributed by atoms with Crippen LogP contribution < -0.4 is 5.73 Å². The molecule has 2 N–H and O–H groups in total. The molecule has 1 aromatic carbocycles. The topological polar surface area (TPSA) is 26.0 Å². The SMILES string of the molecule is Cc1ccc(SC2(CN)CC3(CCC3)C2)cc1. The fourth-order valence-corrected chi connectivity index (χ4v) is 5.07. The highest BCUT2D eigenvalue weighted by molar-refractivity contribution is 8.00. The van der Waals surface area contributed by atoms with Crippen LogP contribution in [0.4, 0.5) is 0 Å². The summed E-state index contributed by atoms with van der Waals surface area (Å²) in [6.07, 6.45) is 7.02. The maximum Gasteiger partial charge on any atom is 0.0339 e. The van der Waals surface area contributed by atoms with E-state index in [1.54, 1.807) is 0 Å². The molecule has 3 rings (SSSR count). The summed E-state index contributed by atoms with van der Waals surface area (Å²) in [5.74, 6) is 0. The molecule has 2 fully saturated rings. The van der Waals surface area contributed by atoms with Crippen molar-refractivity contribution in [1.82, 2.24) is 0 Å². The summed E-state index contributed by atoms with van der Waals surface area (Å²) in [5, 5.41) is 0. The van der Waals surface area contributed by atoms with E-state index in [0.717, 1.165) is 6.54 Å². The van der Waals surface area contributed by atoms with Gasteiger partial charge < -0.3 is 5.73 Å². The molecule has 0 atom stereocenters. The fraction of sp³-hybridized carbons (Fsp3) is 0.600. The predicted molar refractivity (Wildman–Crippen MR) is 74.3 cm³/mol. The van der Waals surface area contributed by atoms with Gasteiger partial charge in [-0.1, -0.05) is 24.1 Å². The van der Waals surface area contributed by atoms with Crippen molar-refractivity contribution in [3.63, 3.8) is 0 Å². The van der Waals surface area contributed by atoms with Crippen LogP contribution in [0.3, 0.4) is 0 Å². The minimum Gasteiger partial charge on any atom is -0.329 e. The quantitative estimate of drug-likeness (QED) is 0.880. The smallest absolute Gasteiger partial charge is 0.0339 e. The lowest BCUT2D eigenvalue weighted by Gasteiger charge is -2.60. The number of nitrogens with two attached hydrogens (primary N) is 1. The second kappa shape index (κ2) is 4.03. The van der Waals surface area contributed by atoms with Crippen LogP contribution in [0.25, 0.3) is 0 Å². The molecule has 1 nitrogen and oxygen atoms in total. The van der Waals surface area contributed by atoms with Crippen molar-refractivity contribution in [2.45, 2.75) is 48.7 Å². The third-order valence-corrected chi connectivity index (χ3v) is 5.93. The average Bonchev–Trinajstić information content (AvgIpc) is 2.23. The van der Waals surface area contributed by atoms with Gasteiger partial charge in [0.05, 0.1) is 0 Å². The molecule has 2 aliphatic rings. The second-order valence-corrected chi connectivity index (χ2v) is 7.55. The Balaban J connectivity index is 1.69. The van der Waals surface area contributed by atoms with Crippen molar-refractivity contribution < 1.29 is 0 Å². The Hall–Kier alpha value is -0.470. The molecular formula is C15H21NS. The van der Waals surface area contributed by atoms with E-state index in [1.165, 1.54) is 42.6 Å². The highest BCUT2D eigenvalue weighted by Gasteiger charge is 2.56. The number of thioether (sulfide) groups is 1. The highest BCUT2D eigenvalue weighted by atomic mass is 32.2. The lowest BCUT2D eigenvalue weighted by atomic mass is 9.51. The van der Waals surface area contributed by atoms with Gasteiger partial charge in [-0.25, -0.2) is 0 Å². The van der Waals surface area contributed by atoms with E-state index in [0.29, 0.717) is 10.2 Å². The van der Waals surface area contributed by atoms with E-state index in [9.17, 15) is 0 Å². The second-order valence-electron chi connectivity index (χ2n) is 6.01. The minimum absolute atomic E-state index is 0.343. The van der Waals surface area contributed by atoms with Crippen LogP contribution in [-0.4, -0.2) is 11.3 Å². The van der Waals surface area contributed by atoms with Gasteiger partial charge in [-0.2, -0.15) is 0 Å². The summed E-state index contributed by atoms with van der Waals surface area (Å²) in [7, 11) is 0. The Labute approximate surface area is 108 Å². The molecule has 2 heteroatoms. The van der Waals surface area contributed by atoms with Crippen molar-refractivity contribution in [2.24, 2.45) is 11.1 Å². The molecule has 0 aromatic heterocycles. The van der Waals surface area contributed by atoms with E-state index < -0.39 is 0 Å². The first-order chi connectivity index (χ1) is 8.15. The van der Waals surface area contributed by atoms with Gasteiger partial charge in [-0.3, -0.25) is 0 Å². The van der Waals surface area contributed by atoms with Crippen molar-refractivity contribution in [2.75, 3.05) is 6.54 Å². The Morgan fingerprint density at radius 2 is 1.82 bits per heavy atom. The maximum atomic E-state index is 6.03.